The molecule has 0 aliphatic carbocycles. The molecule has 3 rings (SSSR count). The first-order valence-corrected chi connectivity index (χ1v) is 11.7. The molecule has 2 aromatic carbocycles. The first kappa shape index (κ1) is 24.6. The van der Waals surface area contributed by atoms with Crippen molar-refractivity contribution in [1.82, 2.24) is 4.98 Å². The fourth-order valence-corrected chi connectivity index (χ4v) is 3.50. The third-order valence-electron chi connectivity index (χ3n) is 5.13. The zero-order valence-electron chi connectivity index (χ0n) is 20.7. The molecule has 0 spiro atoms. The summed E-state index contributed by atoms with van der Waals surface area (Å²) in [5.74, 6) is 0.267. The number of rotatable bonds is 10. The number of fused-ring (bicyclic) bond motifs is 1. The monoisotopic (exact) mass is 452 g/mol. The molecule has 0 atom stereocenters. The molecule has 0 fully saturated rings. The maximum absolute atomic E-state index is 12.4. The molecule has 6 heteroatoms. The van der Waals surface area contributed by atoms with Gasteiger partial charge in [0, 0.05) is 13.1 Å². The zero-order chi connectivity index (χ0) is 24.1. The predicted molar refractivity (Wildman–Crippen MR) is 132 cm³/mol. The van der Waals surface area contributed by atoms with Crippen LogP contribution < -0.4 is 9.64 Å². The van der Waals surface area contributed by atoms with Crippen LogP contribution in [0.25, 0.3) is 11.1 Å². The van der Waals surface area contributed by atoms with Crippen molar-refractivity contribution >= 4 is 23.1 Å². The average molecular weight is 453 g/mol. The van der Waals surface area contributed by atoms with Crippen LogP contribution in [-0.2, 0) is 16.0 Å². The summed E-state index contributed by atoms with van der Waals surface area (Å²) in [7, 11) is 0. The normalized spacial score (nSPS) is 12.1. The second kappa shape index (κ2) is 10.3. The van der Waals surface area contributed by atoms with Crippen molar-refractivity contribution in [2.24, 2.45) is 0 Å². The molecule has 1 heterocycles. The van der Waals surface area contributed by atoms with Gasteiger partial charge in [-0.15, -0.1) is 0 Å². The number of carbonyl (C=O) groups excluding carboxylic acids is 1. The Morgan fingerprint density at radius 1 is 1.00 bits per heavy atom. The molecule has 33 heavy (non-hydrogen) atoms. The van der Waals surface area contributed by atoms with Gasteiger partial charge in [-0.25, -0.2) is 4.79 Å². The summed E-state index contributed by atoms with van der Waals surface area (Å²) in [5, 5.41) is 0. The number of carbonyl (C=O) groups is 1. The summed E-state index contributed by atoms with van der Waals surface area (Å²) in [6.07, 6.45) is 2.93. The number of para-hydroxylation sites is 2. The van der Waals surface area contributed by atoms with E-state index in [1.807, 2.05) is 69.3 Å². The summed E-state index contributed by atoms with van der Waals surface area (Å²) >= 11 is 0. The highest BCUT2D eigenvalue weighted by Crippen LogP contribution is 2.24. The molecule has 0 aliphatic rings. The molecule has 1 aromatic heterocycles. The molecule has 0 unspecified atom stereocenters. The van der Waals surface area contributed by atoms with Crippen molar-refractivity contribution in [3.8, 4) is 5.75 Å². The van der Waals surface area contributed by atoms with Crippen LogP contribution in [0, 0.1) is 0 Å². The lowest BCUT2D eigenvalue weighted by atomic mass is 10.1. The Morgan fingerprint density at radius 2 is 1.70 bits per heavy atom. The van der Waals surface area contributed by atoms with Crippen LogP contribution >= 0.6 is 0 Å². The molecule has 6 nitrogen and oxygen atoms in total. The third-order valence-corrected chi connectivity index (χ3v) is 5.13. The van der Waals surface area contributed by atoms with Gasteiger partial charge in [-0.3, -0.25) is 0 Å². The number of hydrogen-bond donors (Lipinski definition) is 0. The molecule has 0 amide bonds. The number of ether oxygens (including phenoxy) is 2. The fourth-order valence-electron chi connectivity index (χ4n) is 3.50. The van der Waals surface area contributed by atoms with Gasteiger partial charge in [0.1, 0.15) is 16.9 Å². The lowest BCUT2D eigenvalue weighted by Crippen LogP contribution is -2.43. The first-order chi connectivity index (χ1) is 15.6. The summed E-state index contributed by atoms with van der Waals surface area (Å²) in [4.78, 5) is 19.3. The minimum atomic E-state index is -1.06. The van der Waals surface area contributed by atoms with E-state index >= 15 is 0 Å². The van der Waals surface area contributed by atoms with E-state index in [0.717, 1.165) is 43.5 Å². The van der Waals surface area contributed by atoms with Gasteiger partial charge in [-0.2, -0.15) is 4.98 Å². The summed E-state index contributed by atoms with van der Waals surface area (Å²) in [6.45, 7) is 12.9. The molecule has 0 saturated carbocycles. The van der Waals surface area contributed by atoms with E-state index in [2.05, 4.69) is 16.8 Å². The van der Waals surface area contributed by atoms with Gasteiger partial charge >= 0.3 is 5.97 Å². The van der Waals surface area contributed by atoms with Crippen LogP contribution in [0.1, 0.15) is 59.9 Å². The second-order valence-electron chi connectivity index (χ2n) is 9.81. The number of aryl methyl sites for hydroxylation is 1. The molecule has 3 aromatic rings. The van der Waals surface area contributed by atoms with E-state index in [1.54, 1.807) is 13.8 Å². The molecule has 0 N–H and O–H groups in total. The third kappa shape index (κ3) is 6.98. The van der Waals surface area contributed by atoms with Gasteiger partial charge in [-0.1, -0.05) is 31.2 Å². The predicted octanol–water partition coefficient (Wildman–Crippen LogP) is 6.18. The number of oxazole rings is 1. The molecular weight excluding hydrogens is 416 g/mol. The smallest absolute Gasteiger partial charge is 0.350 e. The van der Waals surface area contributed by atoms with E-state index < -0.39 is 11.2 Å². The van der Waals surface area contributed by atoms with Crippen molar-refractivity contribution in [1.29, 1.82) is 0 Å². The van der Waals surface area contributed by atoms with Crippen LogP contribution in [0.5, 0.6) is 5.75 Å². The standard InChI is InChI=1S/C27H36N2O4/c1-7-18-29(25-28-22-12-8-9-13-23(22)31-25)19-10-11-20-14-16-21(17-15-20)32-27(5,6)24(30)33-26(2,3)4/h8-9,12-17H,7,10-11,18-19H2,1-6H3. The van der Waals surface area contributed by atoms with Gasteiger partial charge in [0.15, 0.2) is 11.2 Å². The Balaban J connectivity index is 1.55. The van der Waals surface area contributed by atoms with E-state index in [0.29, 0.717) is 11.8 Å². The molecule has 178 valence electrons. The summed E-state index contributed by atoms with van der Waals surface area (Å²) < 4.78 is 17.3. The second-order valence-corrected chi connectivity index (χ2v) is 9.81. The molecular formula is C27H36N2O4. The zero-order valence-corrected chi connectivity index (χ0v) is 20.7. The lowest BCUT2D eigenvalue weighted by molar-refractivity contribution is -0.170. The van der Waals surface area contributed by atoms with Gasteiger partial charge < -0.3 is 18.8 Å². The Kier molecular flexibility index (Phi) is 7.67. The highest BCUT2D eigenvalue weighted by Gasteiger charge is 2.34. The number of hydrogen-bond acceptors (Lipinski definition) is 6. The summed E-state index contributed by atoms with van der Waals surface area (Å²) in [5.41, 5.74) is 1.31. The number of anilines is 1. The molecule has 0 radical (unpaired) electrons. The summed E-state index contributed by atoms with van der Waals surface area (Å²) in [6, 6.07) is 16.5. The van der Waals surface area contributed by atoms with Crippen molar-refractivity contribution < 1.29 is 18.7 Å². The number of nitrogens with zero attached hydrogens (tertiary/aromatic N) is 2. The van der Waals surface area contributed by atoms with E-state index in [1.165, 1.54) is 5.56 Å². The Bertz CT molecular complexity index is 1010. The maximum Gasteiger partial charge on any atom is 0.350 e. The van der Waals surface area contributed by atoms with Crippen LogP contribution in [0.3, 0.4) is 0 Å². The highest BCUT2D eigenvalue weighted by atomic mass is 16.6. The molecule has 0 saturated heterocycles. The van der Waals surface area contributed by atoms with Crippen molar-refractivity contribution in [3.63, 3.8) is 0 Å². The van der Waals surface area contributed by atoms with E-state index in [4.69, 9.17) is 13.9 Å². The van der Waals surface area contributed by atoms with Gasteiger partial charge in [-0.05, 0) is 83.7 Å². The largest absolute Gasteiger partial charge is 0.476 e. The molecule has 0 aliphatic heterocycles. The molecule has 0 bridgehead atoms. The minimum Gasteiger partial charge on any atom is -0.476 e. The van der Waals surface area contributed by atoms with Gasteiger partial charge in [0.05, 0.1) is 0 Å². The van der Waals surface area contributed by atoms with Gasteiger partial charge in [0.2, 0.25) is 0 Å². The van der Waals surface area contributed by atoms with Crippen molar-refractivity contribution in [3.05, 3.63) is 54.1 Å². The van der Waals surface area contributed by atoms with Crippen molar-refractivity contribution in [2.75, 3.05) is 18.0 Å². The highest BCUT2D eigenvalue weighted by molar-refractivity contribution is 5.79. The average Bonchev–Trinajstić information content (AvgIpc) is 3.17. The topological polar surface area (TPSA) is 64.8 Å². The van der Waals surface area contributed by atoms with Crippen LogP contribution in [0.4, 0.5) is 6.01 Å². The number of esters is 1. The van der Waals surface area contributed by atoms with Crippen LogP contribution in [-0.4, -0.2) is 35.2 Å². The Hall–Kier alpha value is -3.02. The quantitative estimate of drug-likeness (QED) is 0.342. The maximum atomic E-state index is 12.4. The van der Waals surface area contributed by atoms with Crippen LogP contribution in [0.2, 0.25) is 0 Å². The van der Waals surface area contributed by atoms with Crippen molar-refractivity contribution in [2.45, 2.75) is 72.0 Å². The van der Waals surface area contributed by atoms with E-state index in [9.17, 15) is 4.79 Å². The number of benzene rings is 2. The first-order valence-electron chi connectivity index (χ1n) is 11.7. The fraction of sp³-hybridized carbons (Fsp3) is 0.481. The minimum absolute atomic E-state index is 0.380. The van der Waals surface area contributed by atoms with E-state index in [-0.39, 0.29) is 5.97 Å². The Labute approximate surface area is 196 Å². The Morgan fingerprint density at radius 3 is 2.33 bits per heavy atom. The number of aromatic nitrogens is 1. The van der Waals surface area contributed by atoms with Gasteiger partial charge in [0.25, 0.3) is 6.01 Å². The van der Waals surface area contributed by atoms with Crippen LogP contribution in [0.15, 0.2) is 52.9 Å². The SMILES string of the molecule is CCCN(CCCc1ccc(OC(C)(C)C(=O)OC(C)(C)C)cc1)c1nc2ccccc2o1. The lowest BCUT2D eigenvalue weighted by Gasteiger charge is -2.29.